The van der Waals surface area contributed by atoms with Crippen LogP contribution in [-0.4, -0.2) is 26.8 Å². The highest BCUT2D eigenvalue weighted by Crippen LogP contribution is 2.02. The number of rotatable bonds is 4. The molecule has 1 aromatic heterocycles. The summed E-state index contributed by atoms with van der Waals surface area (Å²) in [6.45, 7) is 4.95. The van der Waals surface area contributed by atoms with Gasteiger partial charge in [0.15, 0.2) is 5.11 Å². The molecule has 0 saturated carbocycles. The molecule has 5 nitrogen and oxygen atoms in total. The maximum absolute atomic E-state index is 5.09. The number of hydrogen-bond donors (Lipinski definition) is 3. The van der Waals surface area contributed by atoms with E-state index in [0.29, 0.717) is 5.11 Å². The minimum atomic E-state index is 0.0503. The summed E-state index contributed by atoms with van der Waals surface area (Å²) >= 11 is 5.09. The molecule has 0 aliphatic heterocycles. The highest BCUT2D eigenvalue weighted by atomic mass is 32.1. The molecular weight excluding hydrogens is 198 g/mol. The lowest BCUT2D eigenvalue weighted by molar-refractivity contribution is 0.653. The topological polar surface area (TPSA) is 65.6 Å². The minimum absolute atomic E-state index is 0.0503. The van der Waals surface area contributed by atoms with Gasteiger partial charge in [-0.15, -0.1) is 0 Å². The van der Waals surface area contributed by atoms with Gasteiger partial charge in [-0.05, 0) is 25.6 Å². The fourth-order valence-electron chi connectivity index (χ4n) is 0.978. The van der Waals surface area contributed by atoms with Gasteiger partial charge in [0.25, 0.3) is 0 Å². The first kappa shape index (κ1) is 10.9. The Hall–Kier alpha value is -1.17. The van der Waals surface area contributed by atoms with Crippen LogP contribution in [0.1, 0.15) is 32.1 Å². The molecule has 78 valence electrons. The number of H-pyrrole nitrogens is 1. The van der Waals surface area contributed by atoms with Gasteiger partial charge in [-0.25, -0.2) is 4.98 Å². The predicted molar refractivity (Wildman–Crippen MR) is 58.8 cm³/mol. The second-order valence-corrected chi connectivity index (χ2v) is 3.40. The summed E-state index contributed by atoms with van der Waals surface area (Å²) in [6.07, 6.45) is 2.54. The van der Waals surface area contributed by atoms with Gasteiger partial charge in [-0.1, -0.05) is 6.92 Å². The maximum atomic E-state index is 5.09. The summed E-state index contributed by atoms with van der Waals surface area (Å²) in [6, 6.07) is 0.0503. The molecule has 0 saturated heterocycles. The van der Waals surface area contributed by atoms with Crippen molar-refractivity contribution < 1.29 is 0 Å². The highest BCUT2D eigenvalue weighted by molar-refractivity contribution is 7.80. The van der Waals surface area contributed by atoms with E-state index in [0.717, 1.165) is 18.8 Å². The largest absolute Gasteiger partial charge is 0.363 e. The quantitative estimate of drug-likeness (QED) is 0.644. The van der Waals surface area contributed by atoms with Crippen molar-refractivity contribution in [3.8, 4) is 0 Å². The van der Waals surface area contributed by atoms with Crippen LogP contribution in [0.2, 0.25) is 0 Å². The van der Waals surface area contributed by atoms with Crippen molar-refractivity contribution in [2.75, 3.05) is 6.54 Å². The van der Waals surface area contributed by atoms with Crippen LogP contribution in [-0.2, 0) is 0 Å². The van der Waals surface area contributed by atoms with Gasteiger partial charge in [0, 0.05) is 6.54 Å². The standard InChI is InChI=1S/C8H15N5S/c1-3-4-9-8(14)12-6(2)7-10-5-11-13-7/h5-6H,3-4H2,1-2H3,(H2,9,12,14)(H,10,11,13). The highest BCUT2D eigenvalue weighted by Gasteiger charge is 2.08. The molecule has 1 atom stereocenters. The summed E-state index contributed by atoms with van der Waals surface area (Å²) in [7, 11) is 0. The minimum Gasteiger partial charge on any atom is -0.363 e. The van der Waals surface area contributed by atoms with Crippen LogP contribution >= 0.6 is 12.2 Å². The fourth-order valence-corrected chi connectivity index (χ4v) is 1.26. The lowest BCUT2D eigenvalue weighted by Crippen LogP contribution is -2.37. The number of aromatic nitrogens is 3. The van der Waals surface area contributed by atoms with Crippen LogP contribution in [0.25, 0.3) is 0 Å². The molecule has 0 aliphatic rings. The molecule has 1 unspecified atom stereocenters. The average Bonchev–Trinajstić information content (AvgIpc) is 2.67. The second-order valence-electron chi connectivity index (χ2n) is 2.99. The van der Waals surface area contributed by atoms with Gasteiger partial charge in [-0.2, -0.15) is 5.10 Å². The van der Waals surface area contributed by atoms with E-state index in [9.17, 15) is 0 Å². The Balaban J connectivity index is 2.33. The van der Waals surface area contributed by atoms with Gasteiger partial charge in [-0.3, -0.25) is 5.10 Å². The lowest BCUT2D eigenvalue weighted by Gasteiger charge is -2.14. The van der Waals surface area contributed by atoms with E-state index < -0.39 is 0 Å². The zero-order valence-electron chi connectivity index (χ0n) is 8.37. The van der Waals surface area contributed by atoms with Crippen molar-refractivity contribution in [3.63, 3.8) is 0 Å². The number of aromatic amines is 1. The molecule has 1 aromatic rings. The number of nitrogens with one attached hydrogen (secondary N) is 3. The van der Waals surface area contributed by atoms with Crippen molar-refractivity contribution in [2.24, 2.45) is 0 Å². The van der Waals surface area contributed by atoms with Gasteiger partial charge in [0.1, 0.15) is 12.2 Å². The van der Waals surface area contributed by atoms with E-state index >= 15 is 0 Å². The lowest BCUT2D eigenvalue weighted by atomic mass is 10.3. The molecule has 14 heavy (non-hydrogen) atoms. The fraction of sp³-hybridized carbons (Fsp3) is 0.625. The molecule has 0 bridgehead atoms. The van der Waals surface area contributed by atoms with Crippen molar-refractivity contribution in [1.29, 1.82) is 0 Å². The first-order valence-corrected chi connectivity index (χ1v) is 5.04. The number of hydrogen-bond acceptors (Lipinski definition) is 3. The van der Waals surface area contributed by atoms with Crippen molar-refractivity contribution in [3.05, 3.63) is 12.2 Å². The van der Waals surface area contributed by atoms with Crippen LogP contribution in [0.4, 0.5) is 0 Å². The van der Waals surface area contributed by atoms with Gasteiger partial charge >= 0.3 is 0 Å². The molecule has 6 heteroatoms. The van der Waals surface area contributed by atoms with Crippen LogP contribution < -0.4 is 10.6 Å². The third-order valence-corrected chi connectivity index (χ3v) is 1.99. The van der Waals surface area contributed by atoms with Crippen LogP contribution in [0.5, 0.6) is 0 Å². The molecular formula is C8H15N5S. The molecule has 0 aromatic carbocycles. The van der Waals surface area contributed by atoms with Gasteiger partial charge in [0.05, 0.1) is 6.04 Å². The van der Waals surface area contributed by atoms with E-state index in [1.54, 1.807) is 0 Å². The Kier molecular flexibility index (Phi) is 4.31. The Morgan fingerprint density at radius 2 is 2.50 bits per heavy atom. The summed E-state index contributed by atoms with van der Waals surface area (Å²) in [5.41, 5.74) is 0. The van der Waals surface area contributed by atoms with E-state index in [1.165, 1.54) is 6.33 Å². The molecule has 0 aliphatic carbocycles. The molecule has 0 spiro atoms. The van der Waals surface area contributed by atoms with Crippen molar-refractivity contribution >= 4 is 17.3 Å². The third-order valence-electron chi connectivity index (χ3n) is 1.73. The Morgan fingerprint density at radius 3 is 3.07 bits per heavy atom. The summed E-state index contributed by atoms with van der Waals surface area (Å²) in [4.78, 5) is 4.03. The van der Waals surface area contributed by atoms with Crippen LogP contribution in [0.3, 0.4) is 0 Å². The van der Waals surface area contributed by atoms with Gasteiger partial charge < -0.3 is 10.6 Å². The first-order chi connectivity index (χ1) is 6.74. The van der Waals surface area contributed by atoms with E-state index in [2.05, 4.69) is 32.7 Å². The molecule has 3 N–H and O–H groups in total. The predicted octanol–water partition coefficient (Wildman–Crippen LogP) is 0.740. The third kappa shape index (κ3) is 3.29. The smallest absolute Gasteiger partial charge is 0.166 e. The Morgan fingerprint density at radius 1 is 1.71 bits per heavy atom. The van der Waals surface area contributed by atoms with E-state index in [1.807, 2.05) is 6.92 Å². The molecule has 1 heterocycles. The number of thiocarbonyl (C=S) groups is 1. The zero-order valence-corrected chi connectivity index (χ0v) is 9.19. The van der Waals surface area contributed by atoms with E-state index in [-0.39, 0.29) is 6.04 Å². The molecule has 0 amide bonds. The van der Waals surface area contributed by atoms with Crippen LogP contribution in [0.15, 0.2) is 6.33 Å². The zero-order chi connectivity index (χ0) is 10.4. The van der Waals surface area contributed by atoms with E-state index in [4.69, 9.17) is 12.2 Å². The van der Waals surface area contributed by atoms with Crippen LogP contribution in [0, 0.1) is 0 Å². The molecule has 0 fully saturated rings. The summed E-state index contributed by atoms with van der Waals surface area (Å²) in [5, 5.41) is 13.4. The monoisotopic (exact) mass is 213 g/mol. The first-order valence-electron chi connectivity index (χ1n) is 4.63. The second kappa shape index (κ2) is 5.54. The normalized spacial score (nSPS) is 12.1. The summed E-state index contributed by atoms with van der Waals surface area (Å²) < 4.78 is 0. The number of nitrogens with zero attached hydrogens (tertiary/aromatic N) is 2. The Bertz CT molecular complexity index is 271. The molecule has 1 rings (SSSR count). The van der Waals surface area contributed by atoms with Crippen molar-refractivity contribution in [2.45, 2.75) is 26.3 Å². The molecule has 0 radical (unpaired) electrons. The summed E-state index contributed by atoms with van der Waals surface area (Å²) in [5.74, 6) is 0.783. The van der Waals surface area contributed by atoms with Gasteiger partial charge in [0.2, 0.25) is 0 Å². The Labute approximate surface area is 88.7 Å². The van der Waals surface area contributed by atoms with Crippen molar-refractivity contribution in [1.82, 2.24) is 25.8 Å². The SMILES string of the molecule is CCCNC(=S)NC(C)c1ncn[nH]1. The average molecular weight is 213 g/mol. The maximum Gasteiger partial charge on any atom is 0.166 e.